The summed E-state index contributed by atoms with van der Waals surface area (Å²) in [6, 6.07) is 13.2. The zero-order valence-electron chi connectivity index (χ0n) is 14.5. The minimum atomic E-state index is -0.486. The number of carbonyl (C=O) groups is 1. The van der Waals surface area contributed by atoms with Crippen LogP contribution in [0, 0.1) is 28.4 Å². The number of nitrogens with zero attached hydrogens (tertiary/aromatic N) is 4. The molecule has 27 heavy (non-hydrogen) atoms. The molecule has 0 N–H and O–H groups in total. The molecule has 0 spiro atoms. The van der Waals surface area contributed by atoms with Gasteiger partial charge >= 0.3 is 0 Å². The van der Waals surface area contributed by atoms with Crippen molar-refractivity contribution in [2.24, 2.45) is 0 Å². The molecule has 0 atom stereocenters. The second kappa shape index (κ2) is 6.97. The molecule has 1 amide bonds. The molecule has 8 heteroatoms. The molecule has 0 aromatic heterocycles. The van der Waals surface area contributed by atoms with Crippen molar-refractivity contribution in [2.45, 2.75) is 6.92 Å². The lowest BCUT2D eigenvalue weighted by atomic mass is 10.1. The topological polar surface area (TPSA) is 90.5 Å². The van der Waals surface area contributed by atoms with E-state index in [1.807, 2.05) is 0 Å². The van der Waals surface area contributed by atoms with Gasteiger partial charge in [0.1, 0.15) is 5.70 Å². The molecule has 134 valence electrons. The first kappa shape index (κ1) is 18.2. The summed E-state index contributed by atoms with van der Waals surface area (Å²) in [5.41, 5.74) is 2.56. The first-order valence-electron chi connectivity index (χ1n) is 7.92. The number of likely N-dealkylation sites (N-methyl/N-ethyl adjacent to an activating group) is 1. The van der Waals surface area contributed by atoms with Crippen LogP contribution in [0.25, 0.3) is 6.08 Å². The highest BCUT2D eigenvalue weighted by molar-refractivity contribution is 7.80. The van der Waals surface area contributed by atoms with Crippen molar-refractivity contribution in [2.75, 3.05) is 11.9 Å². The molecular weight excluding hydrogens is 364 g/mol. The molecule has 2 aromatic carbocycles. The van der Waals surface area contributed by atoms with Gasteiger partial charge in [0.05, 0.1) is 22.2 Å². The van der Waals surface area contributed by atoms with Crippen LogP contribution in [0.5, 0.6) is 0 Å². The van der Waals surface area contributed by atoms with E-state index in [-0.39, 0.29) is 16.7 Å². The fourth-order valence-electron chi connectivity index (χ4n) is 2.83. The van der Waals surface area contributed by atoms with Gasteiger partial charge in [-0.2, -0.15) is 5.26 Å². The third-order valence-electron chi connectivity index (χ3n) is 4.21. The van der Waals surface area contributed by atoms with Crippen LogP contribution in [0.2, 0.25) is 0 Å². The summed E-state index contributed by atoms with van der Waals surface area (Å²) < 4.78 is 0. The monoisotopic (exact) mass is 378 g/mol. The number of non-ortho nitro benzene ring substituents is 1. The van der Waals surface area contributed by atoms with E-state index in [2.05, 4.69) is 6.07 Å². The summed E-state index contributed by atoms with van der Waals surface area (Å²) >= 11 is 5.41. The Morgan fingerprint density at radius 2 is 2.00 bits per heavy atom. The van der Waals surface area contributed by atoms with Gasteiger partial charge in [-0.3, -0.25) is 19.8 Å². The van der Waals surface area contributed by atoms with Crippen LogP contribution in [-0.2, 0) is 4.79 Å². The zero-order chi connectivity index (χ0) is 19.7. The molecule has 0 aliphatic carbocycles. The number of anilines is 1. The number of hydrogen-bond acceptors (Lipinski definition) is 5. The SMILES string of the molecule is Cc1cc([N+](=O)[O-])ccc1N1C(=O)C(=Cc2cccc(C#N)c2)N(C)C1=S. The molecule has 1 fully saturated rings. The smallest absolute Gasteiger partial charge is 0.281 e. The van der Waals surface area contributed by atoms with Crippen molar-refractivity contribution in [3.8, 4) is 6.07 Å². The van der Waals surface area contributed by atoms with Crippen molar-refractivity contribution in [3.05, 3.63) is 75.0 Å². The Morgan fingerprint density at radius 3 is 2.63 bits per heavy atom. The Labute approximate surface area is 160 Å². The number of nitriles is 1. The summed E-state index contributed by atoms with van der Waals surface area (Å²) in [5.74, 6) is -0.332. The van der Waals surface area contributed by atoms with Crippen LogP contribution in [0.3, 0.4) is 0 Å². The number of amides is 1. The van der Waals surface area contributed by atoms with E-state index in [4.69, 9.17) is 17.5 Å². The van der Waals surface area contributed by atoms with Gasteiger partial charge in [-0.25, -0.2) is 0 Å². The minimum absolute atomic E-state index is 0.0498. The first-order valence-corrected chi connectivity index (χ1v) is 8.33. The number of benzene rings is 2. The van der Waals surface area contributed by atoms with Gasteiger partial charge in [0.2, 0.25) is 0 Å². The van der Waals surface area contributed by atoms with Gasteiger partial charge in [0, 0.05) is 19.2 Å². The Bertz CT molecular complexity index is 1060. The maximum atomic E-state index is 13.0. The highest BCUT2D eigenvalue weighted by Crippen LogP contribution is 2.32. The third kappa shape index (κ3) is 3.28. The zero-order valence-corrected chi connectivity index (χ0v) is 15.4. The van der Waals surface area contributed by atoms with Crippen molar-refractivity contribution in [3.63, 3.8) is 0 Å². The lowest BCUT2D eigenvalue weighted by Gasteiger charge is -2.18. The fourth-order valence-corrected chi connectivity index (χ4v) is 3.11. The van der Waals surface area contributed by atoms with E-state index in [9.17, 15) is 14.9 Å². The number of carbonyl (C=O) groups excluding carboxylic acids is 1. The van der Waals surface area contributed by atoms with Crippen molar-refractivity contribution < 1.29 is 9.72 Å². The normalized spacial score (nSPS) is 15.4. The fraction of sp³-hybridized carbons (Fsp3) is 0.105. The van der Waals surface area contributed by atoms with Gasteiger partial charge in [-0.15, -0.1) is 0 Å². The standard InChI is InChI=1S/C19H14N4O3S/c1-12-8-15(23(25)26)6-7-16(12)22-18(24)17(21(2)19(22)27)10-13-4-3-5-14(9-13)11-20/h3-10H,1-2H3. The van der Waals surface area contributed by atoms with Crippen molar-refractivity contribution in [1.29, 1.82) is 5.26 Å². The van der Waals surface area contributed by atoms with Gasteiger partial charge in [0.25, 0.3) is 11.6 Å². The summed E-state index contributed by atoms with van der Waals surface area (Å²) in [6.07, 6.45) is 1.66. The first-order chi connectivity index (χ1) is 12.8. The molecule has 1 aliphatic rings. The quantitative estimate of drug-likeness (QED) is 0.352. The summed E-state index contributed by atoms with van der Waals surface area (Å²) in [4.78, 5) is 26.4. The van der Waals surface area contributed by atoms with Crippen LogP contribution < -0.4 is 4.90 Å². The second-order valence-corrected chi connectivity index (χ2v) is 6.34. The Morgan fingerprint density at radius 1 is 1.26 bits per heavy atom. The molecule has 1 aliphatic heterocycles. The van der Waals surface area contributed by atoms with Gasteiger partial charge in [0.15, 0.2) is 5.11 Å². The summed E-state index contributed by atoms with van der Waals surface area (Å²) in [7, 11) is 1.68. The van der Waals surface area contributed by atoms with Gasteiger partial charge in [-0.05, 0) is 54.5 Å². The van der Waals surface area contributed by atoms with Crippen LogP contribution >= 0.6 is 12.2 Å². The largest absolute Gasteiger partial charge is 0.317 e. The minimum Gasteiger partial charge on any atom is -0.317 e. The highest BCUT2D eigenvalue weighted by Gasteiger charge is 2.37. The Kier molecular flexibility index (Phi) is 4.71. The van der Waals surface area contributed by atoms with E-state index in [0.29, 0.717) is 28.1 Å². The summed E-state index contributed by atoms with van der Waals surface area (Å²) in [5, 5.41) is 20.2. The van der Waals surface area contributed by atoms with Gasteiger partial charge < -0.3 is 4.90 Å². The Balaban J connectivity index is 2.02. The van der Waals surface area contributed by atoms with E-state index < -0.39 is 4.92 Å². The number of thiocarbonyl (C=S) groups is 1. The average Bonchev–Trinajstić information content (AvgIpc) is 2.85. The number of nitro groups is 1. The number of aryl methyl sites for hydroxylation is 1. The maximum Gasteiger partial charge on any atom is 0.281 e. The third-order valence-corrected chi connectivity index (χ3v) is 4.67. The predicted molar refractivity (Wildman–Crippen MR) is 105 cm³/mol. The van der Waals surface area contributed by atoms with Gasteiger partial charge in [-0.1, -0.05) is 12.1 Å². The molecular formula is C19H14N4O3S. The molecule has 0 radical (unpaired) electrons. The summed E-state index contributed by atoms with van der Waals surface area (Å²) in [6.45, 7) is 1.69. The van der Waals surface area contributed by atoms with Crippen molar-refractivity contribution in [1.82, 2.24) is 4.90 Å². The lowest BCUT2D eigenvalue weighted by Crippen LogP contribution is -2.31. The molecule has 0 bridgehead atoms. The molecule has 0 saturated carbocycles. The molecule has 3 rings (SSSR count). The number of rotatable bonds is 3. The van der Waals surface area contributed by atoms with Crippen molar-refractivity contribution >= 4 is 40.7 Å². The van der Waals surface area contributed by atoms with Crippen LogP contribution in [0.15, 0.2) is 48.2 Å². The van der Waals surface area contributed by atoms with Crippen LogP contribution in [-0.4, -0.2) is 27.9 Å². The number of hydrogen-bond donors (Lipinski definition) is 0. The lowest BCUT2D eigenvalue weighted by molar-refractivity contribution is -0.384. The molecule has 0 unspecified atom stereocenters. The molecule has 1 heterocycles. The van der Waals surface area contributed by atoms with E-state index >= 15 is 0 Å². The van der Waals surface area contributed by atoms with E-state index in [1.54, 1.807) is 49.2 Å². The Hall–Kier alpha value is -3.57. The average molecular weight is 378 g/mol. The number of nitro benzene ring substituents is 1. The van der Waals surface area contributed by atoms with Crippen LogP contribution in [0.4, 0.5) is 11.4 Å². The van der Waals surface area contributed by atoms with E-state index in [0.717, 1.165) is 0 Å². The maximum absolute atomic E-state index is 13.0. The van der Waals surface area contributed by atoms with E-state index in [1.165, 1.54) is 23.1 Å². The van der Waals surface area contributed by atoms with Crippen LogP contribution in [0.1, 0.15) is 16.7 Å². The second-order valence-electron chi connectivity index (χ2n) is 5.98. The highest BCUT2D eigenvalue weighted by atomic mass is 32.1. The predicted octanol–water partition coefficient (Wildman–Crippen LogP) is 3.38. The molecule has 1 saturated heterocycles. The molecule has 7 nitrogen and oxygen atoms in total. The molecule has 2 aromatic rings.